The Kier molecular flexibility index (Phi) is 3.43. The van der Waals surface area contributed by atoms with Crippen LogP contribution in [0.15, 0.2) is 22.8 Å². The number of rotatable bonds is 3. The number of hydrogen-bond donors (Lipinski definition) is 2. The highest BCUT2D eigenvalue weighted by Crippen LogP contribution is 2.37. The van der Waals surface area contributed by atoms with Crippen LogP contribution in [0.4, 0.5) is 5.82 Å². The van der Waals surface area contributed by atoms with E-state index < -0.39 is 0 Å². The molecule has 0 spiro atoms. The normalized spacial score (nSPS) is 15.2. The quantitative estimate of drug-likeness (QED) is 0.882. The highest BCUT2D eigenvalue weighted by molar-refractivity contribution is 9.10. The molecular weight excluding hydrogens is 332 g/mol. The number of carbonyl (C=O) groups excluding carboxylic acids is 1. The Balaban J connectivity index is 1.79. The number of nitrogens with one attached hydrogen (secondary N) is 2. The number of hydrogen-bond acceptors (Lipinski definition) is 2. The maximum atomic E-state index is 12.4. The van der Waals surface area contributed by atoms with Gasteiger partial charge in [0.25, 0.3) is 5.91 Å². The first-order valence-corrected chi connectivity index (χ1v) is 7.88. The van der Waals surface area contributed by atoms with E-state index in [1.165, 1.54) is 0 Å². The lowest BCUT2D eigenvalue weighted by Gasteiger charge is -2.14. The van der Waals surface area contributed by atoms with Gasteiger partial charge >= 0.3 is 0 Å². The van der Waals surface area contributed by atoms with Crippen molar-refractivity contribution in [1.29, 1.82) is 0 Å². The summed E-state index contributed by atoms with van der Waals surface area (Å²) in [6.45, 7) is 6.30. The molecule has 21 heavy (non-hydrogen) atoms. The summed E-state index contributed by atoms with van der Waals surface area (Å²) in [5, 5.41) is 10.0. The molecule has 3 rings (SSSR count). The smallest absolute Gasteiger partial charge is 0.273 e. The first-order chi connectivity index (χ1) is 9.84. The summed E-state index contributed by atoms with van der Waals surface area (Å²) in [6.07, 6.45) is 4.24. The highest BCUT2D eigenvalue weighted by Gasteiger charge is 2.28. The van der Waals surface area contributed by atoms with Crippen molar-refractivity contribution in [1.82, 2.24) is 14.8 Å². The molecule has 1 fully saturated rings. The molecule has 0 bridgehead atoms. The Morgan fingerprint density at radius 1 is 1.43 bits per heavy atom. The zero-order chi connectivity index (χ0) is 15.2. The third kappa shape index (κ3) is 3.05. The molecule has 2 aromatic heterocycles. The van der Waals surface area contributed by atoms with E-state index in [0.717, 1.165) is 23.0 Å². The maximum absolute atomic E-state index is 12.4. The van der Waals surface area contributed by atoms with Gasteiger partial charge in [-0.2, -0.15) is 5.10 Å². The summed E-state index contributed by atoms with van der Waals surface area (Å²) in [7, 11) is 0. The minimum Gasteiger partial charge on any atom is -0.339 e. The summed E-state index contributed by atoms with van der Waals surface area (Å²) >= 11 is 3.44. The minimum atomic E-state index is -0.125. The second-order valence-corrected chi connectivity index (χ2v) is 7.47. The van der Waals surface area contributed by atoms with Crippen LogP contribution < -0.4 is 5.32 Å². The molecule has 2 aromatic rings. The van der Waals surface area contributed by atoms with Crippen molar-refractivity contribution in [3.63, 3.8) is 0 Å². The maximum Gasteiger partial charge on any atom is 0.273 e. The molecule has 5 nitrogen and oxygen atoms in total. The van der Waals surface area contributed by atoms with E-state index in [4.69, 9.17) is 0 Å². The number of anilines is 1. The molecule has 6 heteroatoms. The van der Waals surface area contributed by atoms with Crippen molar-refractivity contribution < 1.29 is 4.79 Å². The Bertz CT molecular complexity index is 676. The third-order valence-corrected chi connectivity index (χ3v) is 4.05. The van der Waals surface area contributed by atoms with Gasteiger partial charge < -0.3 is 9.88 Å². The monoisotopic (exact) mass is 350 g/mol. The standard InChI is InChI=1S/C15H19BrN4O/c1-15(2,3)12-7-13(19-18-12)17-14(21)11-6-9(16)8-20(11)10-4-5-10/h6-8,10H,4-5H2,1-3H3,(H2,17,18,19,21). The first-order valence-electron chi connectivity index (χ1n) is 7.09. The molecule has 112 valence electrons. The number of halogens is 1. The molecule has 2 heterocycles. The van der Waals surface area contributed by atoms with Gasteiger partial charge in [-0.15, -0.1) is 0 Å². The largest absolute Gasteiger partial charge is 0.339 e. The number of aromatic nitrogens is 3. The molecule has 0 atom stereocenters. The van der Waals surface area contributed by atoms with E-state index in [-0.39, 0.29) is 11.3 Å². The molecule has 1 aliphatic rings. The molecule has 0 radical (unpaired) electrons. The molecule has 1 saturated carbocycles. The summed E-state index contributed by atoms with van der Waals surface area (Å²) < 4.78 is 2.97. The fraction of sp³-hybridized carbons (Fsp3) is 0.467. The van der Waals surface area contributed by atoms with Crippen molar-refractivity contribution in [2.24, 2.45) is 0 Å². The van der Waals surface area contributed by atoms with E-state index in [1.54, 1.807) is 0 Å². The summed E-state index contributed by atoms with van der Waals surface area (Å²) in [4.78, 5) is 12.4. The Morgan fingerprint density at radius 2 is 2.14 bits per heavy atom. The van der Waals surface area contributed by atoms with Crippen LogP contribution in [-0.2, 0) is 5.41 Å². The number of nitrogens with zero attached hydrogens (tertiary/aromatic N) is 2. The summed E-state index contributed by atoms with van der Waals surface area (Å²) in [6, 6.07) is 4.20. The lowest BCUT2D eigenvalue weighted by molar-refractivity contribution is 0.101. The number of amides is 1. The average Bonchev–Trinajstić information content (AvgIpc) is 2.98. The molecule has 0 aliphatic heterocycles. The zero-order valence-electron chi connectivity index (χ0n) is 12.4. The van der Waals surface area contributed by atoms with Crippen molar-refractivity contribution in [3.05, 3.63) is 34.2 Å². The average molecular weight is 351 g/mol. The van der Waals surface area contributed by atoms with Gasteiger partial charge in [0.05, 0.1) is 0 Å². The van der Waals surface area contributed by atoms with Gasteiger partial charge in [-0.1, -0.05) is 20.8 Å². The molecule has 0 saturated heterocycles. The Morgan fingerprint density at radius 3 is 2.71 bits per heavy atom. The van der Waals surface area contributed by atoms with Gasteiger partial charge in [-0.25, -0.2) is 0 Å². The van der Waals surface area contributed by atoms with Gasteiger partial charge in [-0.3, -0.25) is 9.89 Å². The predicted octanol–water partition coefficient (Wildman–Crippen LogP) is 3.86. The van der Waals surface area contributed by atoms with Crippen LogP contribution in [-0.4, -0.2) is 20.7 Å². The Labute approximate surface area is 132 Å². The molecule has 1 amide bonds. The van der Waals surface area contributed by atoms with Crippen LogP contribution in [0.25, 0.3) is 0 Å². The van der Waals surface area contributed by atoms with Crippen LogP contribution in [0.1, 0.15) is 55.8 Å². The van der Waals surface area contributed by atoms with Crippen LogP contribution in [0, 0.1) is 0 Å². The van der Waals surface area contributed by atoms with Crippen LogP contribution in [0.2, 0.25) is 0 Å². The molecule has 1 aliphatic carbocycles. The van der Waals surface area contributed by atoms with Gasteiger partial charge in [0, 0.05) is 33.9 Å². The van der Waals surface area contributed by atoms with Crippen molar-refractivity contribution in [2.75, 3.05) is 5.32 Å². The van der Waals surface area contributed by atoms with Gasteiger partial charge in [0.15, 0.2) is 5.82 Å². The first kappa shape index (κ1) is 14.4. The highest BCUT2D eigenvalue weighted by atomic mass is 79.9. The number of carbonyl (C=O) groups is 1. The van der Waals surface area contributed by atoms with Crippen molar-refractivity contribution in [3.8, 4) is 0 Å². The van der Waals surface area contributed by atoms with Crippen LogP contribution in [0.3, 0.4) is 0 Å². The molecule has 0 unspecified atom stereocenters. The van der Waals surface area contributed by atoms with Crippen LogP contribution >= 0.6 is 15.9 Å². The minimum absolute atomic E-state index is 0.0206. The number of aromatic amines is 1. The second-order valence-electron chi connectivity index (χ2n) is 6.55. The van der Waals surface area contributed by atoms with Crippen LogP contribution in [0.5, 0.6) is 0 Å². The van der Waals surface area contributed by atoms with Gasteiger partial charge in [0.1, 0.15) is 5.69 Å². The molecule has 2 N–H and O–H groups in total. The molecular formula is C15H19BrN4O. The lowest BCUT2D eigenvalue weighted by atomic mass is 9.92. The second kappa shape index (κ2) is 5.02. The summed E-state index contributed by atoms with van der Waals surface area (Å²) in [5.41, 5.74) is 1.65. The van der Waals surface area contributed by atoms with E-state index >= 15 is 0 Å². The van der Waals surface area contributed by atoms with Gasteiger partial charge in [-0.05, 0) is 34.8 Å². The third-order valence-electron chi connectivity index (χ3n) is 3.62. The van der Waals surface area contributed by atoms with E-state index in [0.29, 0.717) is 17.6 Å². The molecule has 0 aromatic carbocycles. The van der Waals surface area contributed by atoms with Crippen molar-refractivity contribution in [2.45, 2.75) is 45.1 Å². The van der Waals surface area contributed by atoms with E-state index in [9.17, 15) is 4.79 Å². The lowest BCUT2D eigenvalue weighted by Crippen LogP contribution is -2.16. The zero-order valence-corrected chi connectivity index (χ0v) is 14.0. The fourth-order valence-corrected chi connectivity index (χ4v) is 2.67. The fourth-order valence-electron chi connectivity index (χ4n) is 2.23. The predicted molar refractivity (Wildman–Crippen MR) is 85.6 cm³/mol. The van der Waals surface area contributed by atoms with E-state index in [1.807, 2.05) is 22.9 Å². The number of H-pyrrole nitrogens is 1. The van der Waals surface area contributed by atoms with E-state index in [2.05, 4.69) is 52.2 Å². The Hall–Kier alpha value is -1.56. The topological polar surface area (TPSA) is 62.7 Å². The van der Waals surface area contributed by atoms with Crippen molar-refractivity contribution >= 4 is 27.7 Å². The summed E-state index contributed by atoms with van der Waals surface area (Å²) in [5.74, 6) is 0.434. The van der Waals surface area contributed by atoms with Gasteiger partial charge in [0.2, 0.25) is 0 Å². The SMILES string of the molecule is CC(C)(C)c1cc(NC(=O)c2cc(Br)cn2C2CC2)n[nH]1.